The van der Waals surface area contributed by atoms with Crippen molar-refractivity contribution in [3.63, 3.8) is 0 Å². The van der Waals surface area contributed by atoms with Crippen LogP contribution in [0.5, 0.6) is 0 Å². The molecule has 0 aromatic carbocycles. The summed E-state index contributed by atoms with van der Waals surface area (Å²) >= 11 is 0. The number of carbonyl (C=O) groups excluding carboxylic acids is 1. The Morgan fingerprint density at radius 3 is 2.89 bits per heavy atom. The minimum atomic E-state index is 0.153. The van der Waals surface area contributed by atoms with Crippen LogP contribution in [0.15, 0.2) is 4.99 Å². The Kier molecular flexibility index (Phi) is 4.09. The van der Waals surface area contributed by atoms with E-state index in [0.717, 1.165) is 25.5 Å². The number of piperidine rings is 1. The molecule has 1 aliphatic heterocycles. The van der Waals surface area contributed by atoms with Crippen LogP contribution < -0.4 is 16.0 Å². The molecule has 3 N–H and O–H groups in total. The first-order valence-electron chi connectivity index (χ1n) is 6.93. The summed E-state index contributed by atoms with van der Waals surface area (Å²) in [5.41, 5.74) is 0.434. The van der Waals surface area contributed by atoms with Gasteiger partial charge in [-0.25, -0.2) is 0 Å². The zero-order valence-electron chi connectivity index (χ0n) is 11.4. The van der Waals surface area contributed by atoms with E-state index >= 15 is 0 Å². The SMILES string of the molecule is CCNC(=NCC1(C)CC1)NC1CCC(=O)NC1. The lowest BCUT2D eigenvalue weighted by Crippen LogP contribution is -2.51. The fourth-order valence-corrected chi connectivity index (χ4v) is 2.01. The summed E-state index contributed by atoms with van der Waals surface area (Å²) in [7, 11) is 0. The number of hydrogen-bond acceptors (Lipinski definition) is 2. The van der Waals surface area contributed by atoms with Gasteiger partial charge in [0.25, 0.3) is 0 Å². The van der Waals surface area contributed by atoms with Gasteiger partial charge in [-0.1, -0.05) is 6.92 Å². The van der Waals surface area contributed by atoms with Crippen LogP contribution in [0.2, 0.25) is 0 Å². The van der Waals surface area contributed by atoms with Crippen molar-refractivity contribution in [2.75, 3.05) is 19.6 Å². The van der Waals surface area contributed by atoms with Gasteiger partial charge in [-0.05, 0) is 31.6 Å². The molecule has 1 amide bonds. The third-order valence-corrected chi connectivity index (χ3v) is 3.67. The van der Waals surface area contributed by atoms with E-state index in [1.54, 1.807) is 0 Å². The van der Waals surface area contributed by atoms with Gasteiger partial charge in [0, 0.05) is 32.1 Å². The number of carbonyl (C=O) groups is 1. The lowest BCUT2D eigenvalue weighted by atomic mass is 10.1. The number of guanidine groups is 1. The van der Waals surface area contributed by atoms with Crippen LogP contribution >= 0.6 is 0 Å². The predicted molar refractivity (Wildman–Crippen MR) is 72.5 cm³/mol. The normalized spacial score (nSPS) is 26.4. The van der Waals surface area contributed by atoms with Crippen LogP contribution in [0.3, 0.4) is 0 Å². The molecular formula is C13H24N4O. The molecule has 0 aromatic rings. The molecule has 1 saturated carbocycles. The average Bonchev–Trinajstić information content (AvgIpc) is 3.08. The van der Waals surface area contributed by atoms with Crippen LogP contribution in [0.1, 0.15) is 39.5 Å². The summed E-state index contributed by atoms with van der Waals surface area (Å²) in [5.74, 6) is 1.03. The largest absolute Gasteiger partial charge is 0.357 e. The number of nitrogens with one attached hydrogen (secondary N) is 3. The summed E-state index contributed by atoms with van der Waals surface area (Å²) < 4.78 is 0. The van der Waals surface area contributed by atoms with E-state index in [0.29, 0.717) is 24.4 Å². The minimum absolute atomic E-state index is 0.153. The third kappa shape index (κ3) is 3.89. The van der Waals surface area contributed by atoms with E-state index < -0.39 is 0 Å². The first-order chi connectivity index (χ1) is 8.61. The Hall–Kier alpha value is -1.26. The summed E-state index contributed by atoms with van der Waals surface area (Å²) in [6, 6.07) is 0.299. The summed E-state index contributed by atoms with van der Waals surface area (Å²) in [6.45, 7) is 6.79. The number of rotatable bonds is 4. The van der Waals surface area contributed by atoms with Gasteiger partial charge in [-0.15, -0.1) is 0 Å². The van der Waals surface area contributed by atoms with Crippen molar-refractivity contribution in [2.24, 2.45) is 10.4 Å². The molecule has 5 heteroatoms. The molecule has 2 fully saturated rings. The molecule has 1 aliphatic carbocycles. The van der Waals surface area contributed by atoms with Crippen molar-refractivity contribution in [3.05, 3.63) is 0 Å². The van der Waals surface area contributed by atoms with Crippen molar-refractivity contribution >= 4 is 11.9 Å². The maximum atomic E-state index is 11.1. The van der Waals surface area contributed by atoms with Crippen molar-refractivity contribution in [3.8, 4) is 0 Å². The summed E-state index contributed by atoms with van der Waals surface area (Å²) in [6.07, 6.45) is 4.06. The monoisotopic (exact) mass is 252 g/mol. The van der Waals surface area contributed by atoms with Crippen LogP contribution in [0.25, 0.3) is 0 Å². The van der Waals surface area contributed by atoms with Gasteiger partial charge < -0.3 is 16.0 Å². The second-order valence-electron chi connectivity index (χ2n) is 5.69. The van der Waals surface area contributed by atoms with Gasteiger partial charge in [0.2, 0.25) is 5.91 Å². The molecule has 2 rings (SSSR count). The zero-order valence-corrected chi connectivity index (χ0v) is 11.4. The lowest BCUT2D eigenvalue weighted by molar-refractivity contribution is -0.122. The molecular weight excluding hydrogens is 228 g/mol. The van der Waals surface area contributed by atoms with Gasteiger partial charge >= 0.3 is 0 Å². The van der Waals surface area contributed by atoms with Gasteiger partial charge in [-0.3, -0.25) is 9.79 Å². The molecule has 5 nitrogen and oxygen atoms in total. The topological polar surface area (TPSA) is 65.5 Å². The standard InChI is InChI=1S/C13H24N4O/c1-3-14-12(16-9-13(2)6-7-13)17-10-4-5-11(18)15-8-10/h10H,3-9H2,1-2H3,(H,15,18)(H2,14,16,17). The lowest BCUT2D eigenvalue weighted by Gasteiger charge is -2.25. The Labute approximate surface area is 109 Å². The number of hydrogen-bond donors (Lipinski definition) is 3. The number of amides is 1. The van der Waals surface area contributed by atoms with Crippen LogP contribution in [-0.2, 0) is 4.79 Å². The van der Waals surface area contributed by atoms with E-state index in [-0.39, 0.29) is 5.91 Å². The first kappa shape index (κ1) is 13.2. The maximum absolute atomic E-state index is 11.1. The van der Waals surface area contributed by atoms with E-state index in [4.69, 9.17) is 0 Å². The highest BCUT2D eigenvalue weighted by atomic mass is 16.1. The van der Waals surface area contributed by atoms with Crippen molar-refractivity contribution in [1.82, 2.24) is 16.0 Å². The molecule has 0 bridgehead atoms. The molecule has 0 aromatic heterocycles. The molecule has 0 radical (unpaired) electrons. The third-order valence-electron chi connectivity index (χ3n) is 3.67. The second kappa shape index (κ2) is 5.59. The smallest absolute Gasteiger partial charge is 0.220 e. The van der Waals surface area contributed by atoms with Gasteiger partial charge in [0.1, 0.15) is 0 Å². The zero-order chi connectivity index (χ0) is 13.0. The summed E-state index contributed by atoms with van der Waals surface area (Å²) in [5, 5.41) is 9.55. The van der Waals surface area contributed by atoms with E-state index in [2.05, 4.69) is 34.8 Å². The molecule has 102 valence electrons. The molecule has 18 heavy (non-hydrogen) atoms. The van der Waals surface area contributed by atoms with E-state index in [1.807, 2.05) is 0 Å². The quantitative estimate of drug-likeness (QED) is 0.507. The molecule has 1 saturated heterocycles. The Bertz CT molecular complexity index is 326. The highest BCUT2D eigenvalue weighted by Crippen LogP contribution is 2.44. The number of nitrogens with zero attached hydrogens (tertiary/aromatic N) is 1. The average molecular weight is 252 g/mol. The van der Waals surface area contributed by atoms with Gasteiger partial charge in [0.15, 0.2) is 5.96 Å². The Balaban J connectivity index is 1.83. The fraction of sp³-hybridized carbons (Fsp3) is 0.846. The van der Waals surface area contributed by atoms with Crippen LogP contribution in [0.4, 0.5) is 0 Å². The highest BCUT2D eigenvalue weighted by Gasteiger charge is 2.37. The molecule has 1 atom stereocenters. The van der Waals surface area contributed by atoms with Crippen molar-refractivity contribution in [2.45, 2.75) is 45.6 Å². The predicted octanol–water partition coefficient (Wildman–Crippen LogP) is 0.620. The Morgan fingerprint density at radius 2 is 2.33 bits per heavy atom. The summed E-state index contributed by atoms with van der Waals surface area (Å²) in [4.78, 5) is 15.7. The van der Waals surface area contributed by atoms with E-state index in [9.17, 15) is 4.79 Å². The molecule has 2 aliphatic rings. The van der Waals surface area contributed by atoms with Gasteiger partial charge in [-0.2, -0.15) is 0 Å². The van der Waals surface area contributed by atoms with Crippen molar-refractivity contribution < 1.29 is 4.79 Å². The highest BCUT2D eigenvalue weighted by molar-refractivity contribution is 5.81. The minimum Gasteiger partial charge on any atom is -0.357 e. The van der Waals surface area contributed by atoms with Gasteiger partial charge in [0.05, 0.1) is 0 Å². The molecule has 0 spiro atoms. The first-order valence-corrected chi connectivity index (χ1v) is 6.93. The Morgan fingerprint density at radius 1 is 1.56 bits per heavy atom. The fourth-order valence-electron chi connectivity index (χ4n) is 2.01. The van der Waals surface area contributed by atoms with Crippen molar-refractivity contribution in [1.29, 1.82) is 0 Å². The number of aliphatic imine (C=N–C) groups is 1. The van der Waals surface area contributed by atoms with E-state index in [1.165, 1.54) is 12.8 Å². The molecule has 1 unspecified atom stereocenters. The second-order valence-corrected chi connectivity index (χ2v) is 5.69. The maximum Gasteiger partial charge on any atom is 0.220 e. The molecule has 1 heterocycles. The van der Waals surface area contributed by atoms with Crippen LogP contribution in [0, 0.1) is 5.41 Å². The van der Waals surface area contributed by atoms with Crippen LogP contribution in [-0.4, -0.2) is 37.5 Å².